The van der Waals surface area contributed by atoms with Gasteiger partial charge < -0.3 is 14.2 Å². The minimum absolute atomic E-state index is 0.0249. The number of pyridine rings is 1. The van der Waals surface area contributed by atoms with Gasteiger partial charge in [0, 0.05) is 19.4 Å². The normalized spacial score (nSPS) is 21.3. The minimum Gasteiger partial charge on any atom is -0.379 e. The van der Waals surface area contributed by atoms with Crippen molar-refractivity contribution in [1.82, 2.24) is 24.6 Å². The standard InChI is InChI=1S/C16H19N5O5S/c1-3-12-11-7-10(8-17-14(11)25-19-12)27(23,24)21-6-5-16(22,9-21)15-18-13(4-2)20-26-15/h7-8,22H,3-6,9H2,1-2H3/t16-/m1/s1. The van der Waals surface area contributed by atoms with Crippen LogP contribution in [0.25, 0.3) is 11.1 Å². The number of fused-ring (bicyclic) bond motifs is 1. The summed E-state index contributed by atoms with van der Waals surface area (Å²) in [6, 6.07) is 1.51. The fourth-order valence-electron chi connectivity index (χ4n) is 3.13. The molecule has 3 aromatic rings. The van der Waals surface area contributed by atoms with E-state index in [0.29, 0.717) is 35.5 Å². The van der Waals surface area contributed by atoms with Crippen LogP contribution in [0.5, 0.6) is 0 Å². The van der Waals surface area contributed by atoms with Crippen molar-refractivity contribution in [2.24, 2.45) is 0 Å². The maximum atomic E-state index is 13.0. The van der Waals surface area contributed by atoms with Crippen LogP contribution in [-0.4, -0.2) is 51.2 Å². The number of sulfonamides is 1. The molecule has 1 aliphatic heterocycles. The number of rotatable bonds is 5. The molecule has 144 valence electrons. The zero-order valence-electron chi connectivity index (χ0n) is 14.9. The Hall–Kier alpha value is -2.37. The largest absolute Gasteiger partial charge is 0.379 e. The molecule has 0 aliphatic carbocycles. The second-order valence-electron chi connectivity index (χ2n) is 6.50. The smallest absolute Gasteiger partial charge is 0.260 e. The van der Waals surface area contributed by atoms with Gasteiger partial charge in [0.1, 0.15) is 4.90 Å². The molecular formula is C16H19N5O5S. The first-order valence-corrected chi connectivity index (χ1v) is 10.1. The van der Waals surface area contributed by atoms with Crippen LogP contribution in [0.4, 0.5) is 0 Å². The van der Waals surface area contributed by atoms with Gasteiger partial charge in [-0.2, -0.15) is 9.29 Å². The second kappa shape index (κ2) is 6.36. The lowest BCUT2D eigenvalue weighted by atomic mass is 10.0. The van der Waals surface area contributed by atoms with E-state index in [1.54, 1.807) is 0 Å². The lowest BCUT2D eigenvalue weighted by Crippen LogP contribution is -2.34. The molecule has 1 saturated heterocycles. The van der Waals surface area contributed by atoms with Crippen LogP contribution >= 0.6 is 0 Å². The van der Waals surface area contributed by atoms with Crippen LogP contribution in [0.2, 0.25) is 0 Å². The van der Waals surface area contributed by atoms with Gasteiger partial charge in [-0.25, -0.2) is 13.4 Å². The maximum Gasteiger partial charge on any atom is 0.260 e. The number of hydrogen-bond acceptors (Lipinski definition) is 9. The Labute approximate surface area is 155 Å². The summed E-state index contributed by atoms with van der Waals surface area (Å²) < 4.78 is 37.5. The average Bonchev–Trinajstić information content (AvgIpc) is 3.39. The van der Waals surface area contributed by atoms with Crippen LogP contribution in [0.1, 0.15) is 37.7 Å². The molecule has 4 rings (SSSR count). The molecular weight excluding hydrogens is 374 g/mol. The van der Waals surface area contributed by atoms with Crippen molar-refractivity contribution in [2.75, 3.05) is 13.1 Å². The van der Waals surface area contributed by atoms with Crippen LogP contribution in [0, 0.1) is 0 Å². The van der Waals surface area contributed by atoms with E-state index in [1.807, 2.05) is 13.8 Å². The van der Waals surface area contributed by atoms with Crippen LogP contribution in [0.3, 0.4) is 0 Å². The van der Waals surface area contributed by atoms with Gasteiger partial charge in [-0.05, 0) is 12.5 Å². The molecule has 0 aromatic carbocycles. The molecule has 11 heteroatoms. The molecule has 1 aliphatic rings. The van der Waals surface area contributed by atoms with Crippen molar-refractivity contribution in [3.8, 4) is 0 Å². The summed E-state index contributed by atoms with van der Waals surface area (Å²) in [6.07, 6.45) is 2.56. The average molecular weight is 393 g/mol. The Morgan fingerprint density at radius 2 is 2.07 bits per heavy atom. The number of hydrogen-bond donors (Lipinski definition) is 1. The summed E-state index contributed by atoms with van der Waals surface area (Å²) in [5, 5.41) is 19.1. The van der Waals surface area contributed by atoms with Gasteiger partial charge in [0.25, 0.3) is 11.6 Å². The van der Waals surface area contributed by atoms with Gasteiger partial charge in [0.15, 0.2) is 11.4 Å². The van der Waals surface area contributed by atoms with Crippen LogP contribution < -0.4 is 0 Å². The fraction of sp³-hybridized carbons (Fsp3) is 0.500. The first-order valence-electron chi connectivity index (χ1n) is 8.67. The molecule has 0 spiro atoms. The highest BCUT2D eigenvalue weighted by atomic mass is 32.2. The first-order chi connectivity index (χ1) is 12.9. The molecule has 27 heavy (non-hydrogen) atoms. The Kier molecular flexibility index (Phi) is 4.24. The molecule has 0 bridgehead atoms. The summed E-state index contributed by atoms with van der Waals surface area (Å²) in [4.78, 5) is 8.23. The van der Waals surface area contributed by atoms with Crippen molar-refractivity contribution < 1.29 is 22.6 Å². The highest BCUT2D eigenvalue weighted by Crippen LogP contribution is 2.34. The number of aromatic nitrogens is 4. The van der Waals surface area contributed by atoms with Crippen LogP contribution in [-0.2, 0) is 28.5 Å². The zero-order chi connectivity index (χ0) is 19.2. The van der Waals surface area contributed by atoms with Crippen molar-refractivity contribution in [3.63, 3.8) is 0 Å². The van der Waals surface area contributed by atoms with Crippen molar-refractivity contribution in [3.05, 3.63) is 29.7 Å². The molecule has 4 heterocycles. The lowest BCUT2D eigenvalue weighted by Gasteiger charge is -2.19. The van der Waals surface area contributed by atoms with E-state index < -0.39 is 15.6 Å². The second-order valence-corrected chi connectivity index (χ2v) is 8.43. The number of nitrogens with zero attached hydrogens (tertiary/aromatic N) is 5. The summed E-state index contributed by atoms with van der Waals surface area (Å²) in [6.45, 7) is 3.73. The van der Waals surface area contributed by atoms with E-state index >= 15 is 0 Å². The Balaban J connectivity index is 1.65. The minimum atomic E-state index is -3.86. The molecule has 3 aromatic heterocycles. The van der Waals surface area contributed by atoms with Gasteiger partial charge in [-0.15, -0.1) is 0 Å². The monoisotopic (exact) mass is 393 g/mol. The SMILES string of the molecule is CCc1noc([C@@]2(O)CCN(S(=O)(=O)c3cnc4onc(CC)c4c3)C2)n1. The molecule has 0 amide bonds. The molecule has 10 nitrogen and oxygen atoms in total. The third-order valence-electron chi connectivity index (χ3n) is 4.75. The molecule has 1 atom stereocenters. The van der Waals surface area contributed by atoms with E-state index in [1.165, 1.54) is 16.6 Å². The summed E-state index contributed by atoms with van der Waals surface area (Å²) in [5.41, 5.74) is -0.566. The highest BCUT2D eigenvalue weighted by Gasteiger charge is 2.46. The molecule has 1 fully saturated rings. The Morgan fingerprint density at radius 1 is 1.26 bits per heavy atom. The highest BCUT2D eigenvalue weighted by molar-refractivity contribution is 7.89. The van der Waals surface area contributed by atoms with Gasteiger partial charge in [0.2, 0.25) is 10.0 Å². The number of aryl methyl sites for hydroxylation is 2. The number of aliphatic hydroxyl groups is 1. The van der Waals surface area contributed by atoms with E-state index in [9.17, 15) is 13.5 Å². The third-order valence-corrected chi connectivity index (χ3v) is 6.56. The summed E-state index contributed by atoms with van der Waals surface area (Å²) in [7, 11) is -3.86. The third kappa shape index (κ3) is 2.91. The van der Waals surface area contributed by atoms with Gasteiger partial charge >= 0.3 is 0 Å². The van der Waals surface area contributed by atoms with Crippen molar-refractivity contribution in [1.29, 1.82) is 0 Å². The quantitative estimate of drug-likeness (QED) is 0.673. The molecule has 0 saturated carbocycles. The molecule has 0 unspecified atom stereocenters. The van der Waals surface area contributed by atoms with E-state index in [-0.39, 0.29) is 30.3 Å². The van der Waals surface area contributed by atoms with Crippen LogP contribution in [0.15, 0.2) is 26.2 Å². The molecule has 0 radical (unpaired) electrons. The summed E-state index contributed by atoms with van der Waals surface area (Å²) in [5.74, 6) is 0.506. The van der Waals surface area contributed by atoms with Gasteiger partial charge in [-0.3, -0.25) is 0 Å². The summed E-state index contributed by atoms with van der Waals surface area (Å²) >= 11 is 0. The van der Waals surface area contributed by atoms with Gasteiger partial charge in [0.05, 0.1) is 23.8 Å². The first kappa shape index (κ1) is 18.0. The fourth-order valence-corrected chi connectivity index (χ4v) is 4.60. The number of β-amino-alcohol motifs (C(OH)–C–C–N with tert-alkyl or cyclic N) is 1. The zero-order valence-corrected chi connectivity index (χ0v) is 15.7. The topological polar surface area (TPSA) is 135 Å². The van der Waals surface area contributed by atoms with Crippen molar-refractivity contribution in [2.45, 2.75) is 43.6 Å². The predicted octanol–water partition coefficient (Wildman–Crippen LogP) is 1.01. The Morgan fingerprint density at radius 3 is 2.78 bits per heavy atom. The molecule has 1 N–H and O–H groups in total. The predicted molar refractivity (Wildman–Crippen MR) is 92.1 cm³/mol. The van der Waals surface area contributed by atoms with Gasteiger partial charge in [-0.1, -0.05) is 24.2 Å². The van der Waals surface area contributed by atoms with Crippen molar-refractivity contribution >= 4 is 21.1 Å². The van der Waals surface area contributed by atoms with E-state index in [0.717, 1.165) is 0 Å². The maximum absolute atomic E-state index is 13.0. The Bertz CT molecular complexity index is 1090. The van der Waals surface area contributed by atoms with E-state index in [4.69, 9.17) is 9.05 Å². The lowest BCUT2D eigenvalue weighted by molar-refractivity contribution is 0.0194. The van der Waals surface area contributed by atoms with E-state index in [2.05, 4.69) is 20.3 Å².